The number of hydrogen-bond donors (Lipinski definition) is 1. The van der Waals surface area contributed by atoms with Gasteiger partial charge in [0.25, 0.3) is 0 Å². The Morgan fingerprint density at radius 2 is 1.85 bits per heavy atom. The van der Waals surface area contributed by atoms with Gasteiger partial charge >= 0.3 is 6.36 Å². The van der Waals surface area contributed by atoms with Gasteiger partial charge in [-0.15, -0.1) is 13.2 Å². The van der Waals surface area contributed by atoms with Crippen LogP contribution in [0.15, 0.2) is 67.1 Å². The lowest BCUT2D eigenvalue weighted by Gasteiger charge is -2.29. The van der Waals surface area contributed by atoms with Gasteiger partial charge in [-0.3, -0.25) is 14.9 Å². The Labute approximate surface area is 191 Å². The van der Waals surface area contributed by atoms with Crippen LogP contribution in [0.5, 0.6) is 5.75 Å². The quantitative estimate of drug-likeness (QED) is 0.536. The molecule has 1 saturated heterocycles. The number of ether oxygens (including phenoxy) is 1. The lowest BCUT2D eigenvalue weighted by atomic mass is 10.0. The SMILES string of the molecule is CC1(C)CN(c2ccc(OC(F)(F)F)c(NCc3ccccn3)c2)CN1Cc1ccncc1. The molecule has 174 valence electrons. The number of pyridine rings is 2. The van der Waals surface area contributed by atoms with E-state index >= 15 is 0 Å². The fraction of sp³-hybridized carbons (Fsp3) is 0.333. The topological polar surface area (TPSA) is 53.5 Å². The molecule has 2 aromatic heterocycles. The summed E-state index contributed by atoms with van der Waals surface area (Å²) in [6.45, 7) is 6.74. The normalized spacial score (nSPS) is 16.1. The van der Waals surface area contributed by atoms with E-state index in [0.29, 0.717) is 12.4 Å². The average molecular weight is 458 g/mol. The summed E-state index contributed by atoms with van der Waals surface area (Å²) in [5.74, 6) is -0.269. The molecule has 4 rings (SSSR count). The summed E-state index contributed by atoms with van der Waals surface area (Å²) in [4.78, 5) is 12.8. The second-order valence-corrected chi connectivity index (χ2v) is 8.61. The third kappa shape index (κ3) is 5.92. The van der Waals surface area contributed by atoms with E-state index in [0.717, 1.165) is 24.3 Å². The molecule has 1 aliphatic rings. The summed E-state index contributed by atoms with van der Waals surface area (Å²) in [5.41, 5.74) is 2.84. The van der Waals surface area contributed by atoms with Crippen LogP contribution in [-0.2, 0) is 13.1 Å². The van der Waals surface area contributed by atoms with Gasteiger partial charge < -0.3 is 15.0 Å². The molecule has 33 heavy (non-hydrogen) atoms. The van der Waals surface area contributed by atoms with Crippen molar-refractivity contribution in [3.05, 3.63) is 78.4 Å². The van der Waals surface area contributed by atoms with Crippen molar-refractivity contribution in [2.75, 3.05) is 23.4 Å². The Bertz CT molecular complexity index is 1060. The minimum absolute atomic E-state index is 0.119. The number of halogens is 3. The number of nitrogens with one attached hydrogen (secondary N) is 1. The van der Waals surface area contributed by atoms with E-state index in [1.807, 2.05) is 18.2 Å². The highest BCUT2D eigenvalue weighted by Gasteiger charge is 2.37. The maximum atomic E-state index is 13.0. The third-order valence-corrected chi connectivity index (χ3v) is 5.64. The van der Waals surface area contributed by atoms with Gasteiger partial charge in [0.05, 0.1) is 24.6 Å². The van der Waals surface area contributed by atoms with Gasteiger partial charge in [0, 0.05) is 42.9 Å². The first-order valence-electron chi connectivity index (χ1n) is 10.6. The summed E-state index contributed by atoms with van der Waals surface area (Å²) in [6, 6.07) is 14.1. The van der Waals surface area contributed by atoms with Gasteiger partial charge in [0.2, 0.25) is 0 Å². The van der Waals surface area contributed by atoms with Crippen LogP contribution >= 0.6 is 0 Å². The van der Waals surface area contributed by atoms with Gasteiger partial charge in [-0.1, -0.05) is 6.07 Å². The number of benzene rings is 1. The first kappa shape index (κ1) is 22.8. The highest BCUT2D eigenvalue weighted by molar-refractivity contribution is 5.66. The highest BCUT2D eigenvalue weighted by Crippen LogP contribution is 2.37. The van der Waals surface area contributed by atoms with E-state index in [-0.39, 0.29) is 23.5 Å². The molecule has 0 aliphatic carbocycles. The van der Waals surface area contributed by atoms with Crippen molar-refractivity contribution in [2.24, 2.45) is 0 Å². The maximum Gasteiger partial charge on any atom is 0.573 e. The number of alkyl halides is 3. The van der Waals surface area contributed by atoms with E-state index in [2.05, 4.69) is 43.7 Å². The molecule has 6 nitrogen and oxygen atoms in total. The van der Waals surface area contributed by atoms with Crippen molar-refractivity contribution in [1.82, 2.24) is 14.9 Å². The first-order chi connectivity index (χ1) is 15.7. The number of anilines is 2. The largest absolute Gasteiger partial charge is 0.573 e. The second kappa shape index (κ2) is 9.27. The molecule has 0 spiro atoms. The summed E-state index contributed by atoms with van der Waals surface area (Å²) in [7, 11) is 0. The Kier molecular flexibility index (Phi) is 6.42. The summed E-state index contributed by atoms with van der Waals surface area (Å²) >= 11 is 0. The fourth-order valence-corrected chi connectivity index (χ4v) is 3.92. The van der Waals surface area contributed by atoms with Crippen molar-refractivity contribution >= 4 is 11.4 Å². The van der Waals surface area contributed by atoms with Crippen LogP contribution in [-0.4, -0.2) is 40.0 Å². The summed E-state index contributed by atoms with van der Waals surface area (Å²) < 4.78 is 43.1. The van der Waals surface area contributed by atoms with Crippen LogP contribution in [0.4, 0.5) is 24.5 Å². The van der Waals surface area contributed by atoms with Gasteiger partial charge in [-0.2, -0.15) is 0 Å². The van der Waals surface area contributed by atoms with Crippen LogP contribution in [0.1, 0.15) is 25.1 Å². The van der Waals surface area contributed by atoms with E-state index in [4.69, 9.17) is 0 Å². The van der Waals surface area contributed by atoms with Gasteiger partial charge in [-0.25, -0.2) is 0 Å². The van der Waals surface area contributed by atoms with Crippen molar-refractivity contribution in [1.29, 1.82) is 0 Å². The Balaban J connectivity index is 1.55. The van der Waals surface area contributed by atoms with Crippen molar-refractivity contribution in [2.45, 2.75) is 38.8 Å². The smallest absolute Gasteiger partial charge is 0.404 e. The molecular weight excluding hydrogens is 431 g/mol. The second-order valence-electron chi connectivity index (χ2n) is 8.61. The molecule has 1 fully saturated rings. The Morgan fingerprint density at radius 1 is 1.06 bits per heavy atom. The van der Waals surface area contributed by atoms with Crippen molar-refractivity contribution in [3.63, 3.8) is 0 Å². The van der Waals surface area contributed by atoms with Gasteiger partial charge in [-0.05, 0) is 61.9 Å². The summed E-state index contributed by atoms with van der Waals surface area (Å²) in [5, 5.41) is 3.05. The number of rotatable bonds is 7. The van der Waals surface area contributed by atoms with Crippen LogP contribution in [0, 0.1) is 0 Å². The fourth-order valence-electron chi connectivity index (χ4n) is 3.92. The molecule has 0 bridgehead atoms. The van der Waals surface area contributed by atoms with Gasteiger partial charge in [0.1, 0.15) is 0 Å². The molecule has 1 aromatic carbocycles. The molecule has 9 heteroatoms. The molecule has 0 radical (unpaired) electrons. The molecule has 0 amide bonds. The zero-order valence-electron chi connectivity index (χ0n) is 18.5. The van der Waals surface area contributed by atoms with Crippen molar-refractivity contribution in [3.8, 4) is 5.75 Å². The van der Waals surface area contributed by atoms with Crippen molar-refractivity contribution < 1.29 is 17.9 Å². The molecule has 3 heterocycles. The summed E-state index contributed by atoms with van der Waals surface area (Å²) in [6.07, 6.45) is 0.411. The monoisotopic (exact) mass is 457 g/mol. The van der Waals surface area contributed by atoms with E-state index in [1.54, 1.807) is 42.9 Å². The maximum absolute atomic E-state index is 13.0. The molecule has 1 N–H and O–H groups in total. The lowest BCUT2D eigenvalue weighted by molar-refractivity contribution is -0.274. The van der Waals surface area contributed by atoms with E-state index in [1.165, 1.54) is 6.07 Å². The first-order valence-corrected chi connectivity index (χ1v) is 10.6. The Morgan fingerprint density at radius 3 is 2.55 bits per heavy atom. The minimum Gasteiger partial charge on any atom is -0.404 e. The number of hydrogen-bond acceptors (Lipinski definition) is 6. The molecule has 0 unspecified atom stereocenters. The van der Waals surface area contributed by atoms with Crippen LogP contribution in [0.25, 0.3) is 0 Å². The van der Waals surface area contributed by atoms with E-state index < -0.39 is 6.36 Å². The minimum atomic E-state index is -4.78. The molecule has 0 saturated carbocycles. The van der Waals surface area contributed by atoms with Crippen LogP contribution in [0.3, 0.4) is 0 Å². The van der Waals surface area contributed by atoms with Crippen LogP contribution < -0.4 is 15.0 Å². The highest BCUT2D eigenvalue weighted by atomic mass is 19.4. The lowest BCUT2D eigenvalue weighted by Crippen LogP contribution is -2.39. The number of aromatic nitrogens is 2. The number of nitrogens with zero attached hydrogens (tertiary/aromatic N) is 4. The third-order valence-electron chi connectivity index (χ3n) is 5.64. The standard InChI is InChI=1S/C24H26F3N5O/c1-23(2)16-31(17-32(23)15-18-8-11-28-12-9-18)20-6-7-22(33-24(25,26)27)21(13-20)30-14-19-5-3-4-10-29-19/h3-13,30H,14-17H2,1-2H3. The zero-order chi connectivity index (χ0) is 23.5. The average Bonchev–Trinajstić information content (AvgIpc) is 3.07. The molecule has 0 atom stereocenters. The van der Waals surface area contributed by atoms with Crippen LogP contribution in [0.2, 0.25) is 0 Å². The molecule has 1 aliphatic heterocycles. The predicted molar refractivity (Wildman–Crippen MR) is 121 cm³/mol. The molecular formula is C24H26F3N5O. The predicted octanol–water partition coefficient (Wildman–Crippen LogP) is 5.05. The van der Waals surface area contributed by atoms with Gasteiger partial charge in [0.15, 0.2) is 5.75 Å². The zero-order valence-corrected chi connectivity index (χ0v) is 18.5. The molecule has 3 aromatic rings. The van der Waals surface area contributed by atoms with E-state index in [9.17, 15) is 13.2 Å². The Hall–Kier alpha value is -3.33.